The summed E-state index contributed by atoms with van der Waals surface area (Å²) in [6.45, 7) is 0.157. The van der Waals surface area contributed by atoms with E-state index >= 15 is 0 Å². The fraction of sp³-hybridized carbons (Fsp3) is 0.667. The van der Waals surface area contributed by atoms with Gasteiger partial charge in [0.05, 0.1) is 6.54 Å². The molecule has 0 bridgehead atoms. The standard InChI is InChI=1S/C6H8F3N3O2/c1-4-11-12-5(14-4)2-10-13-3-6(7,8)9/h10H,2-3H2,1H3. The summed E-state index contributed by atoms with van der Waals surface area (Å²) in [6, 6.07) is 0. The van der Waals surface area contributed by atoms with Crippen molar-refractivity contribution < 1.29 is 22.4 Å². The molecule has 8 heteroatoms. The Morgan fingerprint density at radius 3 is 2.64 bits per heavy atom. The molecule has 0 unspecified atom stereocenters. The Bertz CT molecular complexity index is 286. The maximum Gasteiger partial charge on any atom is 0.413 e. The second kappa shape index (κ2) is 4.38. The minimum Gasteiger partial charge on any atom is -0.424 e. The molecular weight excluding hydrogens is 203 g/mol. The molecule has 1 rings (SSSR count). The van der Waals surface area contributed by atoms with Gasteiger partial charge in [-0.25, -0.2) is 0 Å². The molecule has 1 N–H and O–H groups in total. The van der Waals surface area contributed by atoms with E-state index < -0.39 is 12.8 Å². The van der Waals surface area contributed by atoms with Crippen LogP contribution in [0.1, 0.15) is 11.8 Å². The molecule has 0 aromatic carbocycles. The molecule has 0 saturated carbocycles. The molecule has 0 amide bonds. The van der Waals surface area contributed by atoms with Crippen molar-refractivity contribution in [2.24, 2.45) is 0 Å². The molecule has 1 heterocycles. The van der Waals surface area contributed by atoms with Crippen LogP contribution in [0, 0.1) is 6.92 Å². The first-order valence-electron chi connectivity index (χ1n) is 3.68. The van der Waals surface area contributed by atoms with Crippen molar-refractivity contribution >= 4 is 0 Å². The highest BCUT2D eigenvalue weighted by atomic mass is 19.4. The average molecular weight is 211 g/mol. The number of halogens is 3. The number of aromatic nitrogens is 2. The molecule has 0 radical (unpaired) electrons. The summed E-state index contributed by atoms with van der Waals surface area (Å²) in [6.07, 6.45) is -4.35. The van der Waals surface area contributed by atoms with Gasteiger partial charge in [0, 0.05) is 6.92 Å². The van der Waals surface area contributed by atoms with Crippen LogP contribution in [0.3, 0.4) is 0 Å². The number of alkyl halides is 3. The smallest absolute Gasteiger partial charge is 0.413 e. The number of aryl methyl sites for hydroxylation is 1. The predicted octanol–water partition coefficient (Wildman–Crippen LogP) is 0.962. The average Bonchev–Trinajstić information content (AvgIpc) is 2.44. The van der Waals surface area contributed by atoms with E-state index in [0.717, 1.165) is 0 Å². The topological polar surface area (TPSA) is 60.2 Å². The molecule has 0 aliphatic carbocycles. The summed E-state index contributed by atoms with van der Waals surface area (Å²) in [5.74, 6) is 0.516. The SMILES string of the molecule is Cc1nnc(CNOCC(F)(F)F)o1. The lowest BCUT2D eigenvalue weighted by Crippen LogP contribution is -2.24. The largest absolute Gasteiger partial charge is 0.424 e. The van der Waals surface area contributed by atoms with Gasteiger partial charge in [-0.05, 0) is 0 Å². The highest BCUT2D eigenvalue weighted by Crippen LogP contribution is 2.13. The zero-order valence-corrected chi connectivity index (χ0v) is 7.26. The van der Waals surface area contributed by atoms with Crippen molar-refractivity contribution in [1.82, 2.24) is 15.7 Å². The van der Waals surface area contributed by atoms with Gasteiger partial charge in [0.15, 0.2) is 6.61 Å². The van der Waals surface area contributed by atoms with Gasteiger partial charge in [0.1, 0.15) is 0 Å². The normalized spacial score (nSPS) is 12.0. The van der Waals surface area contributed by atoms with Crippen LogP contribution in [0.4, 0.5) is 13.2 Å². The minimum absolute atomic E-state index is 0.0586. The number of rotatable bonds is 4. The summed E-state index contributed by atoms with van der Waals surface area (Å²) in [5.41, 5.74) is 2.06. The van der Waals surface area contributed by atoms with E-state index in [1.165, 1.54) is 0 Å². The molecule has 14 heavy (non-hydrogen) atoms. The first-order valence-corrected chi connectivity index (χ1v) is 3.68. The maximum atomic E-state index is 11.6. The molecule has 1 aromatic rings. The van der Waals surface area contributed by atoms with Gasteiger partial charge in [-0.15, -0.1) is 10.2 Å². The molecule has 0 spiro atoms. The van der Waals surface area contributed by atoms with Crippen molar-refractivity contribution in [3.8, 4) is 0 Å². The molecule has 5 nitrogen and oxygen atoms in total. The third-order valence-electron chi connectivity index (χ3n) is 1.13. The molecule has 1 aromatic heterocycles. The summed E-state index contributed by atoms with van der Waals surface area (Å²) in [4.78, 5) is 4.11. The van der Waals surface area contributed by atoms with Crippen molar-refractivity contribution in [2.45, 2.75) is 19.6 Å². The van der Waals surface area contributed by atoms with Crippen LogP contribution < -0.4 is 5.48 Å². The van der Waals surface area contributed by atoms with Crippen LogP contribution in [0.25, 0.3) is 0 Å². The van der Waals surface area contributed by atoms with Crippen LogP contribution in [0.2, 0.25) is 0 Å². The Hall–Kier alpha value is -1.15. The highest BCUT2D eigenvalue weighted by molar-refractivity contribution is 4.76. The van der Waals surface area contributed by atoms with Crippen molar-refractivity contribution in [3.05, 3.63) is 11.8 Å². The summed E-state index contributed by atoms with van der Waals surface area (Å²) >= 11 is 0. The molecule has 0 aliphatic heterocycles. The maximum absolute atomic E-state index is 11.6. The van der Waals surface area contributed by atoms with Crippen LogP contribution in [-0.2, 0) is 11.4 Å². The zero-order chi connectivity index (χ0) is 10.6. The van der Waals surface area contributed by atoms with Gasteiger partial charge < -0.3 is 4.42 Å². The monoisotopic (exact) mass is 211 g/mol. The molecule has 80 valence electrons. The molecular formula is C6H8F3N3O2. The summed E-state index contributed by atoms with van der Waals surface area (Å²) in [7, 11) is 0. The lowest BCUT2D eigenvalue weighted by atomic mass is 10.7. The quantitative estimate of drug-likeness (QED) is 0.593. The van der Waals surface area contributed by atoms with Gasteiger partial charge in [-0.3, -0.25) is 4.84 Å². The van der Waals surface area contributed by atoms with Gasteiger partial charge in [-0.1, -0.05) is 0 Å². The lowest BCUT2D eigenvalue weighted by Gasteiger charge is -2.06. The second-order valence-corrected chi connectivity index (χ2v) is 2.44. The van der Waals surface area contributed by atoms with Crippen LogP contribution in [-0.4, -0.2) is 23.0 Å². The zero-order valence-electron chi connectivity index (χ0n) is 7.26. The number of hydroxylamine groups is 1. The van der Waals surface area contributed by atoms with Crippen molar-refractivity contribution in [2.75, 3.05) is 6.61 Å². The number of nitrogens with zero attached hydrogens (tertiary/aromatic N) is 2. The van der Waals surface area contributed by atoms with Crippen LogP contribution in [0.15, 0.2) is 4.42 Å². The number of hydrogen-bond acceptors (Lipinski definition) is 5. The first kappa shape index (κ1) is 10.9. The van der Waals surface area contributed by atoms with E-state index in [9.17, 15) is 13.2 Å². The van der Waals surface area contributed by atoms with Gasteiger partial charge >= 0.3 is 6.18 Å². The molecule has 0 aliphatic rings. The Kier molecular flexibility index (Phi) is 3.42. The Balaban J connectivity index is 2.16. The summed E-state index contributed by atoms with van der Waals surface area (Å²) in [5, 5.41) is 7.02. The second-order valence-electron chi connectivity index (χ2n) is 2.44. The third-order valence-corrected chi connectivity index (χ3v) is 1.13. The van der Waals surface area contributed by atoms with Gasteiger partial charge in [0.2, 0.25) is 11.8 Å². The van der Waals surface area contributed by atoms with E-state index in [2.05, 4.69) is 20.5 Å². The fourth-order valence-electron chi connectivity index (χ4n) is 0.655. The van der Waals surface area contributed by atoms with E-state index in [1.54, 1.807) is 6.92 Å². The Morgan fingerprint density at radius 2 is 2.14 bits per heavy atom. The molecule has 0 saturated heterocycles. The lowest BCUT2D eigenvalue weighted by molar-refractivity contribution is -0.190. The van der Waals surface area contributed by atoms with Crippen LogP contribution >= 0.6 is 0 Å². The fourth-order valence-corrected chi connectivity index (χ4v) is 0.655. The van der Waals surface area contributed by atoms with Gasteiger partial charge in [-0.2, -0.15) is 18.7 Å². The van der Waals surface area contributed by atoms with Crippen molar-refractivity contribution in [1.29, 1.82) is 0 Å². The van der Waals surface area contributed by atoms with Crippen LogP contribution in [0.5, 0.6) is 0 Å². The first-order chi connectivity index (χ1) is 6.47. The van der Waals surface area contributed by atoms with E-state index in [-0.39, 0.29) is 12.4 Å². The number of nitrogens with one attached hydrogen (secondary N) is 1. The van der Waals surface area contributed by atoms with E-state index in [1.807, 2.05) is 0 Å². The number of hydrogen-bond donors (Lipinski definition) is 1. The Morgan fingerprint density at radius 1 is 1.43 bits per heavy atom. The molecule has 0 fully saturated rings. The van der Waals surface area contributed by atoms with E-state index in [0.29, 0.717) is 5.89 Å². The van der Waals surface area contributed by atoms with E-state index in [4.69, 9.17) is 4.42 Å². The van der Waals surface area contributed by atoms with Gasteiger partial charge in [0.25, 0.3) is 0 Å². The Labute approximate surface area is 77.2 Å². The highest BCUT2D eigenvalue weighted by Gasteiger charge is 2.27. The predicted molar refractivity (Wildman–Crippen MR) is 37.9 cm³/mol. The summed E-state index contributed by atoms with van der Waals surface area (Å²) < 4.78 is 39.6. The molecule has 0 atom stereocenters. The minimum atomic E-state index is -4.35. The van der Waals surface area contributed by atoms with Crippen molar-refractivity contribution in [3.63, 3.8) is 0 Å². The third kappa shape index (κ3) is 4.19.